The van der Waals surface area contributed by atoms with E-state index in [-0.39, 0.29) is 0 Å². The summed E-state index contributed by atoms with van der Waals surface area (Å²) < 4.78 is 5.07. The van der Waals surface area contributed by atoms with E-state index in [0.717, 1.165) is 25.4 Å². The molecule has 1 unspecified atom stereocenters. The number of nitrogens with one attached hydrogen (secondary N) is 1. The molecule has 5 heteroatoms. The lowest BCUT2D eigenvalue weighted by Crippen LogP contribution is -2.62. The summed E-state index contributed by atoms with van der Waals surface area (Å²) in [6, 6.07) is 0.596. The van der Waals surface area contributed by atoms with Gasteiger partial charge in [-0.25, -0.2) is 0 Å². The van der Waals surface area contributed by atoms with Gasteiger partial charge in [-0.05, 0) is 19.8 Å². The number of nitrogens with zero attached hydrogens (tertiary/aromatic N) is 3. The number of rotatable bonds is 3. The average Bonchev–Trinajstić information content (AvgIpc) is 3.03. The quantitative estimate of drug-likeness (QED) is 0.874. The number of piperazine rings is 1. The standard InChI is InChI=1S/C13H22N4O/c1-11-8-15-13(5-2-3-6-13)9-17(11)7-4-12-14-10-16-18-12/h10-11,15H,2-9H2,1H3. The molecule has 0 aromatic carbocycles. The molecule has 1 aliphatic carbocycles. The summed E-state index contributed by atoms with van der Waals surface area (Å²) in [5.74, 6) is 0.751. The molecule has 1 aromatic rings. The van der Waals surface area contributed by atoms with Crippen LogP contribution in [0.4, 0.5) is 0 Å². The van der Waals surface area contributed by atoms with E-state index in [4.69, 9.17) is 4.52 Å². The third-order valence-electron chi connectivity index (χ3n) is 4.48. The molecule has 18 heavy (non-hydrogen) atoms. The van der Waals surface area contributed by atoms with E-state index in [2.05, 4.69) is 27.3 Å². The Morgan fingerprint density at radius 1 is 1.50 bits per heavy atom. The van der Waals surface area contributed by atoms with Gasteiger partial charge in [-0.3, -0.25) is 4.90 Å². The van der Waals surface area contributed by atoms with Crippen molar-refractivity contribution in [2.24, 2.45) is 0 Å². The van der Waals surface area contributed by atoms with Crippen molar-refractivity contribution in [2.45, 2.75) is 50.6 Å². The SMILES string of the molecule is CC1CNC2(CCCC2)CN1CCc1ncno1. The molecule has 2 fully saturated rings. The summed E-state index contributed by atoms with van der Waals surface area (Å²) in [6.07, 6.45) is 7.75. The highest BCUT2D eigenvalue weighted by molar-refractivity contribution is 5.00. The van der Waals surface area contributed by atoms with Crippen LogP contribution in [0.5, 0.6) is 0 Å². The predicted molar refractivity (Wildman–Crippen MR) is 68.2 cm³/mol. The molecule has 1 atom stereocenters. The maximum Gasteiger partial charge on any atom is 0.227 e. The lowest BCUT2D eigenvalue weighted by Gasteiger charge is -2.45. The first-order valence-corrected chi connectivity index (χ1v) is 7.02. The van der Waals surface area contributed by atoms with Crippen molar-refractivity contribution in [3.05, 3.63) is 12.2 Å². The highest BCUT2D eigenvalue weighted by Crippen LogP contribution is 2.33. The van der Waals surface area contributed by atoms with Gasteiger partial charge in [0.1, 0.15) is 0 Å². The third-order valence-corrected chi connectivity index (χ3v) is 4.48. The first-order valence-electron chi connectivity index (χ1n) is 7.02. The molecule has 0 amide bonds. The molecular formula is C13H22N4O. The number of hydrogen-bond acceptors (Lipinski definition) is 5. The van der Waals surface area contributed by atoms with Gasteiger partial charge in [0.25, 0.3) is 0 Å². The summed E-state index contributed by atoms with van der Waals surface area (Å²) in [5.41, 5.74) is 0.390. The topological polar surface area (TPSA) is 54.2 Å². The molecule has 1 aromatic heterocycles. The van der Waals surface area contributed by atoms with Crippen LogP contribution >= 0.6 is 0 Å². The molecule has 2 heterocycles. The highest BCUT2D eigenvalue weighted by atomic mass is 16.5. The second-order valence-electron chi connectivity index (χ2n) is 5.77. The van der Waals surface area contributed by atoms with E-state index < -0.39 is 0 Å². The van der Waals surface area contributed by atoms with Gasteiger partial charge in [0, 0.05) is 37.6 Å². The summed E-state index contributed by atoms with van der Waals surface area (Å²) in [5, 5.41) is 7.43. The molecule has 3 rings (SSSR count). The summed E-state index contributed by atoms with van der Waals surface area (Å²) in [7, 11) is 0. The van der Waals surface area contributed by atoms with Crippen LogP contribution in [-0.4, -0.2) is 46.3 Å². The molecule has 0 bridgehead atoms. The second kappa shape index (κ2) is 4.97. The molecule has 1 spiro atoms. The lowest BCUT2D eigenvalue weighted by atomic mass is 9.92. The van der Waals surface area contributed by atoms with Crippen molar-refractivity contribution in [2.75, 3.05) is 19.6 Å². The Morgan fingerprint density at radius 2 is 2.33 bits per heavy atom. The van der Waals surface area contributed by atoms with Gasteiger partial charge >= 0.3 is 0 Å². The minimum absolute atomic E-state index is 0.390. The van der Waals surface area contributed by atoms with Crippen LogP contribution in [0.25, 0.3) is 0 Å². The van der Waals surface area contributed by atoms with Crippen molar-refractivity contribution in [3.8, 4) is 0 Å². The van der Waals surface area contributed by atoms with Crippen LogP contribution in [0.1, 0.15) is 38.5 Å². The molecule has 1 saturated carbocycles. The first-order chi connectivity index (χ1) is 8.77. The second-order valence-corrected chi connectivity index (χ2v) is 5.77. The van der Waals surface area contributed by atoms with Crippen LogP contribution in [0, 0.1) is 0 Å². The van der Waals surface area contributed by atoms with Crippen molar-refractivity contribution < 1.29 is 4.52 Å². The van der Waals surface area contributed by atoms with Crippen LogP contribution in [0.3, 0.4) is 0 Å². The van der Waals surface area contributed by atoms with E-state index in [0.29, 0.717) is 11.6 Å². The summed E-state index contributed by atoms with van der Waals surface area (Å²) >= 11 is 0. The van der Waals surface area contributed by atoms with E-state index in [1.165, 1.54) is 38.6 Å². The van der Waals surface area contributed by atoms with E-state index >= 15 is 0 Å². The van der Waals surface area contributed by atoms with Crippen LogP contribution in [-0.2, 0) is 6.42 Å². The Kier molecular flexibility index (Phi) is 3.35. The van der Waals surface area contributed by atoms with Gasteiger partial charge in [0.05, 0.1) is 0 Å². The zero-order valence-electron chi connectivity index (χ0n) is 11.1. The summed E-state index contributed by atoms with van der Waals surface area (Å²) in [6.45, 7) is 5.58. The molecule has 100 valence electrons. The van der Waals surface area contributed by atoms with Crippen molar-refractivity contribution in [3.63, 3.8) is 0 Å². The zero-order chi connectivity index (χ0) is 12.4. The van der Waals surface area contributed by atoms with Crippen LogP contribution in [0.2, 0.25) is 0 Å². The monoisotopic (exact) mass is 250 g/mol. The smallest absolute Gasteiger partial charge is 0.227 e. The minimum Gasteiger partial charge on any atom is -0.340 e. The van der Waals surface area contributed by atoms with Crippen molar-refractivity contribution in [1.82, 2.24) is 20.4 Å². The van der Waals surface area contributed by atoms with Crippen molar-refractivity contribution >= 4 is 0 Å². The molecule has 1 N–H and O–H groups in total. The normalized spacial score (nSPS) is 27.9. The Labute approximate surface area is 108 Å². The van der Waals surface area contributed by atoms with Crippen LogP contribution in [0.15, 0.2) is 10.9 Å². The molecule has 2 aliphatic rings. The van der Waals surface area contributed by atoms with Gasteiger partial charge in [-0.2, -0.15) is 4.98 Å². The molecule has 1 saturated heterocycles. The fourth-order valence-electron chi connectivity index (χ4n) is 3.33. The van der Waals surface area contributed by atoms with E-state index in [1.54, 1.807) is 0 Å². The van der Waals surface area contributed by atoms with Crippen LogP contribution < -0.4 is 5.32 Å². The fourth-order valence-corrected chi connectivity index (χ4v) is 3.33. The fraction of sp³-hybridized carbons (Fsp3) is 0.846. The largest absolute Gasteiger partial charge is 0.340 e. The van der Waals surface area contributed by atoms with Gasteiger partial charge in [0.2, 0.25) is 5.89 Å². The summed E-state index contributed by atoms with van der Waals surface area (Å²) in [4.78, 5) is 6.67. The number of aromatic nitrogens is 2. The average molecular weight is 250 g/mol. The van der Waals surface area contributed by atoms with Gasteiger partial charge in [-0.1, -0.05) is 18.0 Å². The Morgan fingerprint density at radius 3 is 3.06 bits per heavy atom. The Bertz CT molecular complexity index is 372. The predicted octanol–water partition coefficient (Wildman–Crippen LogP) is 1.22. The van der Waals surface area contributed by atoms with E-state index in [1.807, 2.05) is 0 Å². The lowest BCUT2D eigenvalue weighted by molar-refractivity contribution is 0.0882. The zero-order valence-corrected chi connectivity index (χ0v) is 11.1. The Balaban J connectivity index is 1.59. The van der Waals surface area contributed by atoms with Gasteiger partial charge in [0.15, 0.2) is 6.33 Å². The maximum absolute atomic E-state index is 5.07. The van der Waals surface area contributed by atoms with E-state index in [9.17, 15) is 0 Å². The molecular weight excluding hydrogens is 228 g/mol. The van der Waals surface area contributed by atoms with Gasteiger partial charge < -0.3 is 9.84 Å². The third kappa shape index (κ3) is 2.42. The molecule has 1 aliphatic heterocycles. The van der Waals surface area contributed by atoms with Gasteiger partial charge in [-0.15, -0.1) is 0 Å². The highest BCUT2D eigenvalue weighted by Gasteiger charge is 2.39. The molecule has 0 radical (unpaired) electrons. The first kappa shape index (κ1) is 12.1. The van der Waals surface area contributed by atoms with Crippen molar-refractivity contribution in [1.29, 1.82) is 0 Å². The number of hydrogen-bond donors (Lipinski definition) is 1. The Hall–Kier alpha value is -0.940. The minimum atomic E-state index is 0.390. The maximum atomic E-state index is 5.07. The molecule has 5 nitrogen and oxygen atoms in total.